The van der Waals surface area contributed by atoms with Gasteiger partial charge in [-0.05, 0) is 41.5 Å². The fourth-order valence-corrected chi connectivity index (χ4v) is 2.55. The first-order valence-electron chi connectivity index (χ1n) is 8.39. The zero-order chi connectivity index (χ0) is 18.2. The molecule has 0 spiro atoms. The van der Waals surface area contributed by atoms with E-state index in [0.29, 0.717) is 30.3 Å². The predicted octanol–water partition coefficient (Wildman–Crippen LogP) is 3.67. The van der Waals surface area contributed by atoms with Crippen molar-refractivity contribution in [2.24, 2.45) is 0 Å². The Labute approximate surface area is 157 Å². The lowest BCUT2D eigenvalue weighted by atomic mass is 10.1. The molecule has 0 aliphatic rings. The summed E-state index contributed by atoms with van der Waals surface area (Å²) in [5, 5.41) is 7.75. The predicted molar refractivity (Wildman–Crippen MR) is 101 cm³/mol. The van der Waals surface area contributed by atoms with E-state index in [0.717, 1.165) is 12.1 Å². The smallest absolute Gasteiger partial charge is 0.223 e. The molecule has 134 valence electrons. The summed E-state index contributed by atoms with van der Waals surface area (Å²) in [5.41, 5.74) is 2.22. The third-order valence-corrected chi connectivity index (χ3v) is 4.08. The molecule has 0 unspecified atom stereocenters. The summed E-state index contributed by atoms with van der Waals surface area (Å²) in [6.07, 6.45) is 4.00. The molecule has 5 nitrogen and oxygen atoms in total. The van der Waals surface area contributed by atoms with Gasteiger partial charge in [0.25, 0.3) is 0 Å². The molecule has 26 heavy (non-hydrogen) atoms. The molecule has 0 saturated carbocycles. The van der Waals surface area contributed by atoms with Crippen molar-refractivity contribution in [3.63, 3.8) is 0 Å². The lowest BCUT2D eigenvalue weighted by Gasteiger charge is -2.08. The van der Waals surface area contributed by atoms with Crippen LogP contribution in [0.4, 0.5) is 0 Å². The zero-order valence-electron chi connectivity index (χ0n) is 14.3. The average Bonchev–Trinajstić information content (AvgIpc) is 3.16. The third-order valence-electron chi connectivity index (χ3n) is 3.83. The van der Waals surface area contributed by atoms with Gasteiger partial charge in [-0.15, -0.1) is 0 Å². The number of benzene rings is 2. The largest absolute Gasteiger partial charge is 0.493 e. The van der Waals surface area contributed by atoms with Gasteiger partial charge in [0, 0.05) is 24.0 Å². The fourth-order valence-electron chi connectivity index (χ4n) is 2.42. The molecule has 1 amide bonds. The summed E-state index contributed by atoms with van der Waals surface area (Å²) in [5.74, 6) is 0.662. The lowest BCUT2D eigenvalue weighted by Crippen LogP contribution is -2.24. The number of nitrogens with one attached hydrogen (secondary N) is 1. The highest BCUT2D eigenvalue weighted by molar-refractivity contribution is 6.30. The minimum absolute atomic E-state index is 0.0421. The van der Waals surface area contributed by atoms with Gasteiger partial charge >= 0.3 is 0 Å². The molecule has 0 radical (unpaired) electrons. The maximum Gasteiger partial charge on any atom is 0.223 e. The number of ether oxygens (including phenoxy) is 1. The van der Waals surface area contributed by atoms with E-state index < -0.39 is 0 Å². The standard InChI is InChI=1S/C20H20ClN3O2/c21-18-6-8-19(9-7-18)26-13-10-20(25)22-14-16-2-4-17(5-3-16)15-24-12-1-11-23-24/h1-9,11-12H,10,13-15H2,(H,22,25). The molecule has 1 heterocycles. The van der Waals surface area contributed by atoms with Crippen LogP contribution in [0.25, 0.3) is 0 Å². The van der Waals surface area contributed by atoms with E-state index in [1.54, 1.807) is 30.5 Å². The number of amides is 1. The molecule has 0 aliphatic heterocycles. The number of hydrogen-bond acceptors (Lipinski definition) is 3. The number of rotatable bonds is 8. The molecule has 0 bridgehead atoms. The van der Waals surface area contributed by atoms with E-state index in [9.17, 15) is 4.79 Å². The summed E-state index contributed by atoms with van der Waals surface area (Å²) < 4.78 is 7.39. The number of aromatic nitrogens is 2. The van der Waals surface area contributed by atoms with Crippen LogP contribution >= 0.6 is 11.6 Å². The Kier molecular flexibility index (Phi) is 6.28. The number of halogens is 1. The molecule has 1 aromatic heterocycles. The second-order valence-corrected chi connectivity index (χ2v) is 6.29. The van der Waals surface area contributed by atoms with Crippen molar-refractivity contribution in [2.75, 3.05) is 6.61 Å². The molecule has 3 rings (SSSR count). The number of carbonyl (C=O) groups is 1. The van der Waals surface area contributed by atoms with Crippen LogP contribution in [-0.4, -0.2) is 22.3 Å². The second kappa shape index (κ2) is 9.06. The van der Waals surface area contributed by atoms with Gasteiger partial charge in [-0.25, -0.2) is 0 Å². The second-order valence-electron chi connectivity index (χ2n) is 5.85. The van der Waals surface area contributed by atoms with Crippen molar-refractivity contribution >= 4 is 17.5 Å². The Morgan fingerprint density at radius 2 is 1.81 bits per heavy atom. The minimum Gasteiger partial charge on any atom is -0.493 e. The van der Waals surface area contributed by atoms with Crippen LogP contribution in [-0.2, 0) is 17.9 Å². The van der Waals surface area contributed by atoms with Gasteiger partial charge < -0.3 is 10.1 Å². The Hall–Kier alpha value is -2.79. The van der Waals surface area contributed by atoms with Gasteiger partial charge in [0.15, 0.2) is 0 Å². The van der Waals surface area contributed by atoms with Gasteiger partial charge in [0.1, 0.15) is 5.75 Å². The number of hydrogen-bond donors (Lipinski definition) is 1. The zero-order valence-corrected chi connectivity index (χ0v) is 15.0. The monoisotopic (exact) mass is 369 g/mol. The molecule has 0 fully saturated rings. The van der Waals surface area contributed by atoms with Crippen molar-refractivity contribution in [3.05, 3.63) is 83.1 Å². The number of nitrogens with zero attached hydrogens (tertiary/aromatic N) is 2. The van der Waals surface area contributed by atoms with Crippen LogP contribution in [0, 0.1) is 0 Å². The van der Waals surface area contributed by atoms with Crippen molar-refractivity contribution in [3.8, 4) is 5.75 Å². The van der Waals surface area contributed by atoms with Crippen molar-refractivity contribution in [2.45, 2.75) is 19.5 Å². The van der Waals surface area contributed by atoms with Gasteiger partial charge in [-0.1, -0.05) is 35.9 Å². The highest BCUT2D eigenvalue weighted by Gasteiger charge is 2.03. The average molecular weight is 370 g/mol. The molecule has 2 aromatic carbocycles. The summed E-state index contributed by atoms with van der Waals surface area (Å²) in [7, 11) is 0. The van der Waals surface area contributed by atoms with Crippen molar-refractivity contribution in [1.29, 1.82) is 0 Å². The van der Waals surface area contributed by atoms with Crippen molar-refractivity contribution in [1.82, 2.24) is 15.1 Å². The normalized spacial score (nSPS) is 10.5. The Morgan fingerprint density at radius 3 is 2.50 bits per heavy atom. The lowest BCUT2D eigenvalue weighted by molar-refractivity contribution is -0.121. The van der Waals surface area contributed by atoms with E-state index in [1.807, 2.05) is 41.2 Å². The molecule has 0 aliphatic carbocycles. The van der Waals surface area contributed by atoms with E-state index in [2.05, 4.69) is 10.4 Å². The third kappa shape index (κ3) is 5.63. The first kappa shape index (κ1) is 18.0. The summed E-state index contributed by atoms with van der Waals surface area (Å²) in [6, 6.07) is 17.1. The van der Waals surface area contributed by atoms with Gasteiger partial charge in [-0.3, -0.25) is 9.48 Å². The van der Waals surface area contributed by atoms with Crippen LogP contribution in [0.2, 0.25) is 5.02 Å². The van der Waals surface area contributed by atoms with E-state index >= 15 is 0 Å². The molecule has 6 heteroatoms. The highest BCUT2D eigenvalue weighted by Crippen LogP contribution is 2.15. The quantitative estimate of drug-likeness (QED) is 0.659. The molecular weight excluding hydrogens is 350 g/mol. The number of carbonyl (C=O) groups excluding carboxylic acids is 1. The van der Waals surface area contributed by atoms with Gasteiger partial charge in [0.2, 0.25) is 5.91 Å². The molecule has 1 N–H and O–H groups in total. The van der Waals surface area contributed by atoms with Crippen LogP contribution in [0.3, 0.4) is 0 Å². The van der Waals surface area contributed by atoms with Crippen LogP contribution in [0.1, 0.15) is 17.5 Å². The minimum atomic E-state index is -0.0421. The Bertz CT molecular complexity index is 815. The molecule has 0 saturated heterocycles. The van der Waals surface area contributed by atoms with Crippen LogP contribution in [0.15, 0.2) is 67.0 Å². The first-order valence-corrected chi connectivity index (χ1v) is 8.77. The topological polar surface area (TPSA) is 56.1 Å². The van der Waals surface area contributed by atoms with Gasteiger partial charge in [-0.2, -0.15) is 5.10 Å². The van der Waals surface area contributed by atoms with E-state index in [1.165, 1.54) is 5.56 Å². The van der Waals surface area contributed by atoms with Crippen LogP contribution in [0.5, 0.6) is 5.75 Å². The van der Waals surface area contributed by atoms with E-state index in [-0.39, 0.29) is 5.91 Å². The Morgan fingerprint density at radius 1 is 1.08 bits per heavy atom. The molecular formula is C20H20ClN3O2. The van der Waals surface area contributed by atoms with Crippen LogP contribution < -0.4 is 10.1 Å². The molecule has 0 atom stereocenters. The maximum atomic E-state index is 11.9. The summed E-state index contributed by atoms with van der Waals surface area (Å²) >= 11 is 5.82. The van der Waals surface area contributed by atoms with Crippen molar-refractivity contribution < 1.29 is 9.53 Å². The maximum absolute atomic E-state index is 11.9. The molecule has 3 aromatic rings. The Balaban J connectivity index is 1.37. The first-order chi connectivity index (χ1) is 12.7. The fraction of sp³-hybridized carbons (Fsp3) is 0.200. The summed E-state index contributed by atoms with van der Waals surface area (Å²) in [4.78, 5) is 11.9. The van der Waals surface area contributed by atoms with Gasteiger partial charge in [0.05, 0.1) is 19.6 Å². The summed E-state index contributed by atoms with van der Waals surface area (Å²) in [6.45, 7) is 1.57. The SMILES string of the molecule is O=C(CCOc1ccc(Cl)cc1)NCc1ccc(Cn2cccn2)cc1. The highest BCUT2D eigenvalue weighted by atomic mass is 35.5. The van der Waals surface area contributed by atoms with E-state index in [4.69, 9.17) is 16.3 Å².